The van der Waals surface area contributed by atoms with Gasteiger partial charge in [-0.05, 0) is 136 Å². The van der Waals surface area contributed by atoms with Crippen LogP contribution in [-0.4, -0.2) is 33.8 Å². The Morgan fingerprint density at radius 3 is 2.24 bits per heavy atom. The number of hydrogen-bond acceptors (Lipinski definition) is 9. The Morgan fingerprint density at radius 2 is 1.59 bits per heavy atom. The van der Waals surface area contributed by atoms with Crippen molar-refractivity contribution in [3.63, 3.8) is 0 Å². The summed E-state index contributed by atoms with van der Waals surface area (Å²) in [6, 6.07) is 19.0. The lowest BCUT2D eigenvalue weighted by molar-refractivity contribution is -0.116. The molecule has 0 radical (unpaired) electrons. The van der Waals surface area contributed by atoms with Crippen molar-refractivity contribution >= 4 is 42.6 Å². The molecule has 3 unspecified atom stereocenters. The second-order valence-corrected chi connectivity index (χ2v) is 19.2. The number of hydrogen-bond donors (Lipinski definition) is 1. The van der Waals surface area contributed by atoms with E-state index in [0.717, 1.165) is 47.3 Å². The van der Waals surface area contributed by atoms with Crippen molar-refractivity contribution in [3.05, 3.63) is 100 Å². The summed E-state index contributed by atoms with van der Waals surface area (Å²) in [7, 11) is -7.99. The van der Waals surface area contributed by atoms with E-state index in [1.807, 2.05) is 32.9 Å². The smallest absolute Gasteiger partial charge is 0.339 e. The molecule has 9 nitrogen and oxygen atoms in total. The molecule has 2 saturated carbocycles. The van der Waals surface area contributed by atoms with Crippen molar-refractivity contribution in [3.8, 4) is 5.75 Å². The van der Waals surface area contributed by atoms with E-state index in [9.17, 15) is 21.6 Å². The molecule has 6 atom stereocenters. The first-order chi connectivity index (χ1) is 24.2. The highest BCUT2D eigenvalue weighted by Crippen LogP contribution is 2.64. The number of aryl methyl sites for hydroxylation is 4. The molecule has 0 saturated heterocycles. The summed E-state index contributed by atoms with van der Waals surface area (Å²) in [4.78, 5) is 18.7. The van der Waals surface area contributed by atoms with Crippen LogP contribution in [0, 0.1) is 43.9 Å². The highest BCUT2D eigenvalue weighted by molar-refractivity contribution is 7.87. The van der Waals surface area contributed by atoms with E-state index in [2.05, 4.69) is 17.2 Å². The molecule has 12 heteroatoms. The van der Waals surface area contributed by atoms with Gasteiger partial charge in [0.05, 0.1) is 11.0 Å². The molecule has 0 bridgehead atoms. The lowest BCUT2D eigenvalue weighted by Gasteiger charge is -2.51. The fourth-order valence-corrected chi connectivity index (χ4v) is 11.8. The second kappa shape index (κ2) is 13.8. The predicted molar refractivity (Wildman–Crippen MR) is 197 cm³/mol. The molecular weight excluding hydrogens is 705 g/mol. The number of nitrogens with one attached hydrogen (secondary N) is 1. The fourth-order valence-electron chi connectivity index (χ4n) is 8.99. The third-order valence-electron chi connectivity index (χ3n) is 11.4. The maximum absolute atomic E-state index is 13.6. The lowest BCUT2D eigenvalue weighted by atomic mass is 9.53. The number of amides is 1. The maximum atomic E-state index is 13.6. The van der Waals surface area contributed by atoms with E-state index < -0.39 is 31.8 Å². The van der Waals surface area contributed by atoms with Gasteiger partial charge in [-0.1, -0.05) is 48.4 Å². The normalized spacial score (nSPS) is 25.8. The third kappa shape index (κ3) is 7.25. The summed E-state index contributed by atoms with van der Waals surface area (Å²) in [5, 5.41) is 3.51. The number of nitrogens with zero attached hydrogens (tertiary/aromatic N) is 1. The molecule has 1 amide bonds. The molecule has 7 rings (SSSR count). The molecule has 1 N–H and O–H groups in total. The van der Waals surface area contributed by atoms with Crippen LogP contribution in [0.4, 0.5) is 5.13 Å². The summed E-state index contributed by atoms with van der Waals surface area (Å²) in [6.07, 6.45) is 5.92. The largest absolute Gasteiger partial charge is 0.379 e. The van der Waals surface area contributed by atoms with E-state index >= 15 is 0 Å². The minimum Gasteiger partial charge on any atom is -0.379 e. The van der Waals surface area contributed by atoms with Crippen molar-refractivity contribution in [2.24, 2.45) is 23.2 Å². The molecule has 0 aliphatic heterocycles. The van der Waals surface area contributed by atoms with Crippen LogP contribution in [0.15, 0.2) is 82.7 Å². The van der Waals surface area contributed by atoms with Crippen LogP contribution in [0.25, 0.3) is 0 Å². The van der Waals surface area contributed by atoms with Gasteiger partial charge in [-0.2, -0.15) is 16.8 Å². The minimum absolute atomic E-state index is 0.0774. The van der Waals surface area contributed by atoms with Gasteiger partial charge in [0.15, 0.2) is 5.13 Å². The molecule has 3 aliphatic carbocycles. The Morgan fingerprint density at radius 1 is 0.922 bits per heavy atom. The first-order valence-corrected chi connectivity index (χ1v) is 21.2. The van der Waals surface area contributed by atoms with Crippen LogP contribution in [0.5, 0.6) is 5.75 Å². The summed E-state index contributed by atoms with van der Waals surface area (Å²) < 4.78 is 65.1. The molecule has 1 heterocycles. The number of carbonyl (C=O) groups excluding carboxylic acids is 1. The Hall–Kier alpha value is -3.58. The molecule has 1 aromatic heterocycles. The van der Waals surface area contributed by atoms with Crippen LogP contribution in [0.1, 0.15) is 78.5 Å². The number of thiazole rings is 1. The number of aromatic nitrogens is 1. The van der Waals surface area contributed by atoms with Crippen LogP contribution >= 0.6 is 11.3 Å². The molecular formula is C39H44N2O7S3. The van der Waals surface area contributed by atoms with Crippen LogP contribution in [0.3, 0.4) is 0 Å². The summed E-state index contributed by atoms with van der Waals surface area (Å²) in [6.45, 7) is 7.94. The Kier molecular flexibility index (Phi) is 9.66. The van der Waals surface area contributed by atoms with Crippen molar-refractivity contribution in [1.82, 2.24) is 4.98 Å². The standard InChI is InChI=1S/C39H44N2O7S3/c1-24-5-12-30(13-6-24)50(43,44)47-29-11-17-32-27(21-29)9-16-34-33(32)19-20-39(4)35(48-51(45,46)31-14-7-25(2)8-15-31)22-28(37(34)39)10-18-36(42)41-38-40-23-26(3)49-38/h5-8,11-15,17,21,23,28,33-35,37H,9-10,16,18-20,22H2,1-4H3,(H,40,41,42)/t28-,33?,34?,35+,37?,39-/m1/s1. The van der Waals surface area contributed by atoms with Crippen molar-refractivity contribution in [1.29, 1.82) is 0 Å². The summed E-state index contributed by atoms with van der Waals surface area (Å²) in [5.41, 5.74) is 3.80. The number of rotatable bonds is 10. The molecule has 3 aliphatic rings. The SMILES string of the molecule is Cc1ccc(S(=O)(=O)Oc2ccc3c(c2)CCC2C3CC[C@@]3(C)C2[C@H](CCC(=O)Nc2ncc(C)s2)C[C@@H]3OS(=O)(=O)c2ccc(C)cc2)cc1. The van der Waals surface area contributed by atoms with Crippen LogP contribution < -0.4 is 9.50 Å². The average Bonchev–Trinajstić information content (AvgIpc) is 3.62. The van der Waals surface area contributed by atoms with E-state index in [4.69, 9.17) is 8.37 Å². The molecule has 0 spiro atoms. The van der Waals surface area contributed by atoms with Gasteiger partial charge in [0.25, 0.3) is 10.1 Å². The summed E-state index contributed by atoms with van der Waals surface area (Å²) >= 11 is 1.44. The number of benzene rings is 3. The molecule has 270 valence electrons. The zero-order chi connectivity index (χ0) is 36.1. The molecule has 3 aromatic carbocycles. The van der Waals surface area contributed by atoms with Gasteiger partial charge < -0.3 is 9.50 Å². The topological polar surface area (TPSA) is 129 Å². The van der Waals surface area contributed by atoms with Crippen molar-refractivity contribution in [2.75, 3.05) is 5.32 Å². The lowest BCUT2D eigenvalue weighted by Crippen LogP contribution is -2.46. The average molecular weight is 749 g/mol. The van der Waals surface area contributed by atoms with E-state index in [0.29, 0.717) is 30.1 Å². The van der Waals surface area contributed by atoms with Gasteiger partial charge in [-0.3, -0.25) is 8.98 Å². The molecule has 4 aromatic rings. The van der Waals surface area contributed by atoms with Gasteiger partial charge in [0.1, 0.15) is 10.6 Å². The zero-order valence-electron chi connectivity index (χ0n) is 29.3. The predicted octanol–water partition coefficient (Wildman–Crippen LogP) is 8.11. The van der Waals surface area contributed by atoms with Crippen LogP contribution in [-0.2, 0) is 35.6 Å². The quantitative estimate of drug-likeness (QED) is 0.161. The van der Waals surface area contributed by atoms with Gasteiger partial charge in [0.2, 0.25) is 5.91 Å². The van der Waals surface area contributed by atoms with Crippen molar-refractivity contribution < 1.29 is 30.0 Å². The van der Waals surface area contributed by atoms with E-state index in [-0.39, 0.29) is 39.4 Å². The fraction of sp³-hybridized carbons (Fsp3) is 0.436. The van der Waals surface area contributed by atoms with Gasteiger partial charge in [-0.25, -0.2) is 4.98 Å². The highest BCUT2D eigenvalue weighted by Gasteiger charge is 2.60. The third-order valence-corrected chi connectivity index (χ3v) is 14.9. The molecule has 51 heavy (non-hydrogen) atoms. The Bertz CT molecular complexity index is 2150. The minimum atomic E-state index is -4.01. The van der Waals surface area contributed by atoms with Gasteiger partial charge in [0, 0.05) is 17.5 Å². The second-order valence-electron chi connectivity index (χ2n) is 14.8. The monoisotopic (exact) mass is 748 g/mol. The first kappa shape index (κ1) is 35.8. The van der Waals surface area contributed by atoms with Crippen LogP contribution in [0.2, 0.25) is 0 Å². The van der Waals surface area contributed by atoms with E-state index in [1.165, 1.54) is 16.9 Å². The number of anilines is 1. The summed E-state index contributed by atoms with van der Waals surface area (Å²) in [5.74, 6) is 0.880. The van der Waals surface area contributed by atoms with E-state index in [1.54, 1.807) is 60.8 Å². The molecule has 2 fully saturated rings. The van der Waals surface area contributed by atoms with Gasteiger partial charge in [-0.15, -0.1) is 11.3 Å². The van der Waals surface area contributed by atoms with Gasteiger partial charge >= 0.3 is 10.1 Å². The Labute approximate surface area is 305 Å². The number of fused-ring (bicyclic) bond motifs is 5. The number of carbonyl (C=O) groups is 1. The van der Waals surface area contributed by atoms with Crippen molar-refractivity contribution in [2.45, 2.75) is 94.5 Å². The Balaban J connectivity index is 1.14. The zero-order valence-corrected chi connectivity index (χ0v) is 31.7. The first-order valence-electron chi connectivity index (χ1n) is 17.6. The maximum Gasteiger partial charge on any atom is 0.339 e. The highest BCUT2D eigenvalue weighted by atomic mass is 32.2.